The van der Waals surface area contributed by atoms with Crippen molar-refractivity contribution in [2.75, 3.05) is 6.54 Å². The minimum absolute atomic E-state index is 0.0422. The molecule has 3 N–H and O–H groups in total. The van der Waals surface area contributed by atoms with Crippen molar-refractivity contribution in [1.82, 2.24) is 5.32 Å². The van der Waals surface area contributed by atoms with Gasteiger partial charge in [-0.25, -0.2) is 0 Å². The SMILES string of the molecule is C=C(C)CNC(=O)C1C=CC(N)C1. The summed E-state index contributed by atoms with van der Waals surface area (Å²) in [7, 11) is 0. The number of nitrogens with two attached hydrogens (primary N) is 1. The predicted molar refractivity (Wildman–Crippen MR) is 53.0 cm³/mol. The highest BCUT2D eigenvalue weighted by Crippen LogP contribution is 2.15. The first-order valence-corrected chi connectivity index (χ1v) is 4.45. The first-order chi connectivity index (χ1) is 6.09. The van der Waals surface area contributed by atoms with Crippen LogP contribution in [0.4, 0.5) is 0 Å². The van der Waals surface area contributed by atoms with Gasteiger partial charge in [-0.15, -0.1) is 0 Å². The van der Waals surface area contributed by atoms with Gasteiger partial charge in [0.15, 0.2) is 0 Å². The van der Waals surface area contributed by atoms with Crippen LogP contribution in [0.15, 0.2) is 24.3 Å². The van der Waals surface area contributed by atoms with E-state index in [1.807, 2.05) is 19.1 Å². The Labute approximate surface area is 78.7 Å². The van der Waals surface area contributed by atoms with Crippen molar-refractivity contribution in [1.29, 1.82) is 0 Å². The van der Waals surface area contributed by atoms with Crippen LogP contribution in [0.5, 0.6) is 0 Å². The Morgan fingerprint density at radius 2 is 2.38 bits per heavy atom. The van der Waals surface area contributed by atoms with Crippen molar-refractivity contribution in [3.8, 4) is 0 Å². The summed E-state index contributed by atoms with van der Waals surface area (Å²) < 4.78 is 0. The third kappa shape index (κ3) is 3.03. The molecule has 13 heavy (non-hydrogen) atoms. The highest BCUT2D eigenvalue weighted by Gasteiger charge is 2.21. The van der Waals surface area contributed by atoms with E-state index in [4.69, 9.17) is 5.73 Å². The maximum absolute atomic E-state index is 11.4. The Morgan fingerprint density at radius 3 is 2.85 bits per heavy atom. The van der Waals surface area contributed by atoms with Crippen LogP contribution >= 0.6 is 0 Å². The lowest BCUT2D eigenvalue weighted by atomic mass is 10.1. The molecule has 0 saturated carbocycles. The molecule has 1 aliphatic carbocycles. The largest absolute Gasteiger partial charge is 0.352 e. The maximum Gasteiger partial charge on any atom is 0.227 e. The van der Waals surface area contributed by atoms with E-state index in [1.165, 1.54) is 0 Å². The summed E-state index contributed by atoms with van der Waals surface area (Å²) in [5.41, 5.74) is 6.59. The summed E-state index contributed by atoms with van der Waals surface area (Å²) in [5, 5.41) is 2.80. The molecule has 0 aromatic rings. The molecule has 72 valence electrons. The summed E-state index contributed by atoms with van der Waals surface area (Å²) in [4.78, 5) is 11.4. The average molecular weight is 180 g/mol. The molecule has 0 spiro atoms. The van der Waals surface area contributed by atoms with Gasteiger partial charge in [0.1, 0.15) is 0 Å². The van der Waals surface area contributed by atoms with Crippen LogP contribution < -0.4 is 11.1 Å². The Bertz CT molecular complexity index is 245. The third-order valence-electron chi connectivity index (χ3n) is 2.02. The summed E-state index contributed by atoms with van der Waals surface area (Å²) in [5.74, 6) is 0.00144. The van der Waals surface area contributed by atoms with Crippen LogP contribution in [0.2, 0.25) is 0 Å². The minimum atomic E-state index is -0.0469. The van der Waals surface area contributed by atoms with Gasteiger partial charge in [-0.05, 0) is 13.3 Å². The fourth-order valence-corrected chi connectivity index (χ4v) is 1.29. The summed E-state index contributed by atoms with van der Waals surface area (Å²) in [6.45, 7) is 6.15. The van der Waals surface area contributed by atoms with Gasteiger partial charge in [-0.2, -0.15) is 0 Å². The molecule has 3 heteroatoms. The number of nitrogens with one attached hydrogen (secondary N) is 1. The van der Waals surface area contributed by atoms with Gasteiger partial charge >= 0.3 is 0 Å². The molecule has 0 bridgehead atoms. The number of carbonyl (C=O) groups is 1. The molecule has 1 aliphatic rings. The van der Waals surface area contributed by atoms with Crippen molar-refractivity contribution in [2.24, 2.45) is 11.7 Å². The number of amides is 1. The van der Waals surface area contributed by atoms with Crippen molar-refractivity contribution >= 4 is 5.91 Å². The van der Waals surface area contributed by atoms with E-state index < -0.39 is 0 Å². The van der Waals surface area contributed by atoms with E-state index in [-0.39, 0.29) is 17.9 Å². The number of carbonyl (C=O) groups excluding carboxylic acids is 1. The quantitative estimate of drug-likeness (QED) is 0.624. The van der Waals surface area contributed by atoms with Crippen molar-refractivity contribution in [3.63, 3.8) is 0 Å². The van der Waals surface area contributed by atoms with Crippen LogP contribution in [0, 0.1) is 5.92 Å². The second kappa shape index (κ2) is 4.23. The Hall–Kier alpha value is -1.09. The molecule has 0 heterocycles. The lowest BCUT2D eigenvalue weighted by Gasteiger charge is -2.09. The van der Waals surface area contributed by atoms with Crippen molar-refractivity contribution in [3.05, 3.63) is 24.3 Å². The molecular formula is C10H16N2O. The fraction of sp³-hybridized carbons (Fsp3) is 0.500. The van der Waals surface area contributed by atoms with Crippen LogP contribution in [-0.2, 0) is 4.79 Å². The average Bonchev–Trinajstić information content (AvgIpc) is 2.47. The molecule has 1 rings (SSSR count). The summed E-state index contributed by atoms with van der Waals surface area (Å²) >= 11 is 0. The summed E-state index contributed by atoms with van der Waals surface area (Å²) in [6.07, 6.45) is 4.48. The lowest BCUT2D eigenvalue weighted by molar-refractivity contribution is -0.123. The van der Waals surface area contributed by atoms with Gasteiger partial charge in [-0.3, -0.25) is 4.79 Å². The highest BCUT2D eigenvalue weighted by molar-refractivity contribution is 5.81. The molecular weight excluding hydrogens is 164 g/mol. The van der Waals surface area contributed by atoms with Gasteiger partial charge in [-0.1, -0.05) is 24.3 Å². The van der Waals surface area contributed by atoms with Crippen LogP contribution in [-0.4, -0.2) is 18.5 Å². The van der Waals surface area contributed by atoms with E-state index >= 15 is 0 Å². The molecule has 0 aromatic carbocycles. The van der Waals surface area contributed by atoms with Crippen LogP contribution in [0.3, 0.4) is 0 Å². The van der Waals surface area contributed by atoms with Crippen LogP contribution in [0.1, 0.15) is 13.3 Å². The number of rotatable bonds is 3. The molecule has 0 aliphatic heterocycles. The lowest BCUT2D eigenvalue weighted by Crippen LogP contribution is -2.31. The van der Waals surface area contributed by atoms with E-state index in [1.54, 1.807) is 0 Å². The second-order valence-corrected chi connectivity index (χ2v) is 3.57. The van der Waals surface area contributed by atoms with Gasteiger partial charge in [0.25, 0.3) is 0 Å². The fourth-order valence-electron chi connectivity index (χ4n) is 1.29. The van der Waals surface area contributed by atoms with E-state index in [0.29, 0.717) is 6.54 Å². The predicted octanol–water partition coefficient (Wildman–Crippen LogP) is 0.582. The molecule has 0 fully saturated rings. The normalized spacial score (nSPS) is 26.0. The van der Waals surface area contributed by atoms with Crippen molar-refractivity contribution < 1.29 is 4.79 Å². The Balaban J connectivity index is 2.33. The number of hydrogen-bond donors (Lipinski definition) is 2. The van der Waals surface area contributed by atoms with E-state index in [9.17, 15) is 4.79 Å². The van der Waals surface area contributed by atoms with Gasteiger partial charge in [0.2, 0.25) is 5.91 Å². The second-order valence-electron chi connectivity index (χ2n) is 3.57. The maximum atomic E-state index is 11.4. The monoisotopic (exact) mass is 180 g/mol. The van der Waals surface area contributed by atoms with Gasteiger partial charge in [0, 0.05) is 12.6 Å². The summed E-state index contributed by atoms with van der Waals surface area (Å²) in [6, 6.07) is 0.0422. The first-order valence-electron chi connectivity index (χ1n) is 4.45. The van der Waals surface area contributed by atoms with E-state index in [0.717, 1.165) is 12.0 Å². The van der Waals surface area contributed by atoms with Gasteiger partial charge < -0.3 is 11.1 Å². The molecule has 3 nitrogen and oxygen atoms in total. The molecule has 0 radical (unpaired) electrons. The topological polar surface area (TPSA) is 55.1 Å². The highest BCUT2D eigenvalue weighted by atomic mass is 16.1. The zero-order valence-electron chi connectivity index (χ0n) is 7.92. The molecule has 2 unspecified atom stereocenters. The van der Waals surface area contributed by atoms with E-state index in [2.05, 4.69) is 11.9 Å². The first kappa shape index (κ1) is 9.99. The minimum Gasteiger partial charge on any atom is -0.352 e. The Morgan fingerprint density at radius 1 is 1.69 bits per heavy atom. The smallest absolute Gasteiger partial charge is 0.227 e. The molecule has 0 aromatic heterocycles. The standard InChI is InChI=1S/C10H16N2O/c1-7(2)6-12-10(13)8-3-4-9(11)5-8/h3-4,8-9H,1,5-6,11H2,2H3,(H,12,13). The molecule has 0 saturated heterocycles. The zero-order valence-corrected chi connectivity index (χ0v) is 7.92. The van der Waals surface area contributed by atoms with Gasteiger partial charge in [0.05, 0.1) is 5.92 Å². The van der Waals surface area contributed by atoms with Crippen molar-refractivity contribution in [2.45, 2.75) is 19.4 Å². The number of hydrogen-bond acceptors (Lipinski definition) is 2. The Kier molecular flexibility index (Phi) is 3.25. The zero-order chi connectivity index (χ0) is 9.84. The molecule has 2 atom stereocenters. The third-order valence-corrected chi connectivity index (χ3v) is 2.02. The molecule has 1 amide bonds. The van der Waals surface area contributed by atoms with Crippen LogP contribution in [0.25, 0.3) is 0 Å².